The van der Waals surface area contributed by atoms with Crippen molar-refractivity contribution in [1.82, 2.24) is 9.97 Å². The number of hydrogen-bond acceptors (Lipinski definition) is 7. The number of anilines is 2. The average molecular weight is 304 g/mol. The largest absolute Gasteiger partial charge is 0.370 e. The van der Waals surface area contributed by atoms with Crippen molar-refractivity contribution in [2.75, 3.05) is 48.6 Å². The number of sulfone groups is 1. The summed E-state index contributed by atoms with van der Waals surface area (Å²) in [4.78, 5) is 10.5. The van der Waals surface area contributed by atoms with Gasteiger partial charge in [-0.1, -0.05) is 11.8 Å². The first kappa shape index (κ1) is 16.0. The first-order chi connectivity index (χ1) is 8.85. The van der Waals surface area contributed by atoms with Gasteiger partial charge in [0.1, 0.15) is 21.5 Å². The minimum atomic E-state index is -2.97. The van der Waals surface area contributed by atoms with Crippen LogP contribution in [-0.2, 0) is 9.84 Å². The molecule has 1 rings (SSSR count). The third kappa shape index (κ3) is 5.65. The van der Waals surface area contributed by atoms with Crippen molar-refractivity contribution in [3.63, 3.8) is 0 Å². The molecule has 0 bridgehead atoms. The van der Waals surface area contributed by atoms with Crippen molar-refractivity contribution in [3.05, 3.63) is 6.07 Å². The lowest BCUT2D eigenvalue weighted by atomic mass is 10.4. The summed E-state index contributed by atoms with van der Waals surface area (Å²) in [6.45, 7) is 3.18. The van der Waals surface area contributed by atoms with Crippen LogP contribution in [0.2, 0.25) is 0 Å². The van der Waals surface area contributed by atoms with Gasteiger partial charge in [0.25, 0.3) is 0 Å². The molecule has 0 spiro atoms. The Hall–Kier alpha value is -1.02. The number of nitrogens with zero attached hydrogens (tertiary/aromatic N) is 3. The lowest BCUT2D eigenvalue weighted by Gasteiger charge is -2.18. The van der Waals surface area contributed by atoms with Crippen molar-refractivity contribution in [2.45, 2.75) is 12.1 Å². The molecule has 0 atom stereocenters. The van der Waals surface area contributed by atoms with Gasteiger partial charge in [-0.15, -0.1) is 0 Å². The molecule has 108 valence electrons. The molecule has 1 heterocycles. The van der Waals surface area contributed by atoms with E-state index in [1.807, 2.05) is 31.2 Å². The summed E-state index contributed by atoms with van der Waals surface area (Å²) in [6.07, 6.45) is 3.14. The molecule has 0 aliphatic carbocycles. The van der Waals surface area contributed by atoms with Crippen LogP contribution in [0.5, 0.6) is 0 Å². The van der Waals surface area contributed by atoms with E-state index in [4.69, 9.17) is 0 Å². The average Bonchev–Trinajstić information content (AvgIpc) is 2.35. The maximum Gasteiger partial charge on any atom is 0.191 e. The Kier molecular flexibility index (Phi) is 5.86. The van der Waals surface area contributed by atoms with E-state index in [2.05, 4.69) is 15.3 Å². The number of nitrogens with one attached hydrogen (secondary N) is 1. The maximum absolute atomic E-state index is 11.2. The van der Waals surface area contributed by atoms with Crippen molar-refractivity contribution in [1.29, 1.82) is 0 Å². The highest BCUT2D eigenvalue weighted by atomic mass is 32.2. The second-order valence-electron chi connectivity index (χ2n) is 4.18. The van der Waals surface area contributed by atoms with Crippen LogP contribution < -0.4 is 10.2 Å². The molecule has 0 saturated heterocycles. The van der Waals surface area contributed by atoms with E-state index in [0.29, 0.717) is 11.7 Å². The molecule has 6 nitrogen and oxygen atoms in total. The summed E-state index contributed by atoms with van der Waals surface area (Å²) in [5.41, 5.74) is 0. The molecule has 8 heteroatoms. The number of rotatable bonds is 7. The van der Waals surface area contributed by atoms with Gasteiger partial charge in [-0.2, -0.15) is 0 Å². The maximum atomic E-state index is 11.2. The standard InChI is InChI=1S/C11H20N4O2S2/c1-5-12-9-8-10(14-11(13-9)18-3)15(2)6-7-19(4,16)17/h8H,5-7H2,1-4H3,(H,12,13,14). The van der Waals surface area contributed by atoms with Crippen molar-refractivity contribution < 1.29 is 8.42 Å². The van der Waals surface area contributed by atoms with Gasteiger partial charge in [0, 0.05) is 32.5 Å². The molecule has 0 aliphatic heterocycles. The van der Waals surface area contributed by atoms with Crippen molar-refractivity contribution in [2.24, 2.45) is 0 Å². The van der Waals surface area contributed by atoms with E-state index in [1.54, 1.807) is 0 Å². The summed E-state index contributed by atoms with van der Waals surface area (Å²) in [7, 11) is -1.14. The molecule has 0 aromatic carbocycles. The third-order valence-corrected chi connectivity index (χ3v) is 3.89. The normalized spacial score (nSPS) is 11.4. The minimum Gasteiger partial charge on any atom is -0.370 e. The molecule has 1 N–H and O–H groups in total. The van der Waals surface area contributed by atoms with Gasteiger partial charge in [0.15, 0.2) is 5.16 Å². The van der Waals surface area contributed by atoms with Gasteiger partial charge < -0.3 is 10.2 Å². The van der Waals surface area contributed by atoms with Gasteiger partial charge in [-0.25, -0.2) is 18.4 Å². The molecule has 0 amide bonds. The number of aromatic nitrogens is 2. The summed E-state index contributed by atoms with van der Waals surface area (Å²) in [5.74, 6) is 1.58. The fourth-order valence-corrected chi connectivity index (χ4v) is 2.37. The molecular weight excluding hydrogens is 284 g/mol. The zero-order chi connectivity index (χ0) is 14.5. The predicted molar refractivity (Wildman–Crippen MR) is 81.0 cm³/mol. The van der Waals surface area contributed by atoms with Crippen LogP contribution in [0.25, 0.3) is 0 Å². The minimum absolute atomic E-state index is 0.110. The molecule has 0 unspecified atom stereocenters. The second kappa shape index (κ2) is 6.95. The summed E-state index contributed by atoms with van der Waals surface area (Å²) in [6, 6.07) is 1.82. The lowest BCUT2D eigenvalue weighted by molar-refractivity contribution is 0.601. The van der Waals surface area contributed by atoms with Gasteiger partial charge >= 0.3 is 0 Å². The van der Waals surface area contributed by atoms with E-state index in [9.17, 15) is 8.42 Å². The lowest BCUT2D eigenvalue weighted by Crippen LogP contribution is -2.26. The molecule has 1 aromatic heterocycles. The fourth-order valence-electron chi connectivity index (χ4n) is 1.39. The topological polar surface area (TPSA) is 75.2 Å². The monoisotopic (exact) mass is 304 g/mol. The highest BCUT2D eigenvalue weighted by molar-refractivity contribution is 7.98. The molecule has 0 radical (unpaired) electrons. The molecule has 0 aliphatic rings. The Morgan fingerprint density at radius 2 is 2.11 bits per heavy atom. The highest BCUT2D eigenvalue weighted by Crippen LogP contribution is 2.19. The van der Waals surface area contributed by atoms with E-state index in [-0.39, 0.29) is 5.75 Å². The van der Waals surface area contributed by atoms with Gasteiger partial charge in [0.05, 0.1) is 5.75 Å². The first-order valence-corrected chi connectivity index (χ1v) is 9.20. The van der Waals surface area contributed by atoms with Crippen LogP contribution in [-0.4, -0.2) is 56.8 Å². The van der Waals surface area contributed by atoms with Gasteiger partial charge in [0.2, 0.25) is 0 Å². The second-order valence-corrected chi connectivity index (χ2v) is 7.21. The Balaban J connectivity index is 2.88. The quantitative estimate of drug-likeness (QED) is 0.597. The van der Waals surface area contributed by atoms with Crippen LogP contribution in [0, 0.1) is 0 Å². The molecule has 1 aromatic rings. The van der Waals surface area contributed by atoms with Crippen LogP contribution in [0.1, 0.15) is 6.92 Å². The first-order valence-electron chi connectivity index (χ1n) is 5.91. The fraction of sp³-hybridized carbons (Fsp3) is 0.636. The van der Waals surface area contributed by atoms with Gasteiger partial charge in [-0.05, 0) is 13.2 Å². The zero-order valence-electron chi connectivity index (χ0n) is 11.7. The summed E-state index contributed by atoms with van der Waals surface area (Å²) < 4.78 is 22.4. The van der Waals surface area contributed by atoms with Crippen LogP contribution in [0.4, 0.5) is 11.6 Å². The Bertz CT molecular complexity index is 519. The summed E-state index contributed by atoms with van der Waals surface area (Å²) in [5, 5.41) is 3.81. The number of thioether (sulfide) groups is 1. The van der Waals surface area contributed by atoms with E-state index in [1.165, 1.54) is 18.0 Å². The molecule has 0 fully saturated rings. The van der Waals surface area contributed by atoms with Crippen LogP contribution in [0.3, 0.4) is 0 Å². The third-order valence-electron chi connectivity index (χ3n) is 2.42. The van der Waals surface area contributed by atoms with E-state index >= 15 is 0 Å². The smallest absolute Gasteiger partial charge is 0.191 e. The number of hydrogen-bond donors (Lipinski definition) is 1. The van der Waals surface area contributed by atoms with Crippen molar-refractivity contribution >= 4 is 33.2 Å². The predicted octanol–water partition coefficient (Wildman–Crippen LogP) is 1.11. The Morgan fingerprint density at radius 3 is 2.63 bits per heavy atom. The molecular formula is C11H20N4O2S2. The Labute approximate surface area is 118 Å². The van der Waals surface area contributed by atoms with E-state index < -0.39 is 9.84 Å². The van der Waals surface area contributed by atoms with Crippen molar-refractivity contribution in [3.8, 4) is 0 Å². The van der Waals surface area contributed by atoms with Gasteiger partial charge in [-0.3, -0.25) is 0 Å². The summed E-state index contributed by atoms with van der Waals surface area (Å²) >= 11 is 1.46. The SMILES string of the molecule is CCNc1cc(N(C)CCS(C)(=O)=O)nc(SC)n1. The molecule has 0 saturated carbocycles. The van der Waals surface area contributed by atoms with Crippen LogP contribution >= 0.6 is 11.8 Å². The van der Waals surface area contributed by atoms with Crippen LogP contribution in [0.15, 0.2) is 11.2 Å². The highest BCUT2D eigenvalue weighted by Gasteiger charge is 2.10. The van der Waals surface area contributed by atoms with E-state index in [0.717, 1.165) is 18.2 Å². The zero-order valence-corrected chi connectivity index (χ0v) is 13.3. The Morgan fingerprint density at radius 1 is 1.42 bits per heavy atom. The molecule has 19 heavy (non-hydrogen) atoms.